The molecule has 0 aliphatic carbocycles. The number of sulfonamides is 1. The Hall–Kier alpha value is -0.950. The first-order chi connectivity index (χ1) is 9.03. The van der Waals surface area contributed by atoms with E-state index in [1.54, 1.807) is 11.3 Å². The summed E-state index contributed by atoms with van der Waals surface area (Å²) in [5.74, 6) is 0.0874. The number of rotatable bonds is 6. The van der Waals surface area contributed by atoms with E-state index in [0.717, 1.165) is 15.6 Å². The Morgan fingerprint density at radius 1 is 1.37 bits per heavy atom. The molecular weight excluding hydrogens is 282 g/mol. The summed E-state index contributed by atoms with van der Waals surface area (Å²) in [7, 11) is -3.28. The van der Waals surface area contributed by atoms with Crippen LogP contribution in [0.2, 0.25) is 0 Å². The van der Waals surface area contributed by atoms with Gasteiger partial charge in [0.2, 0.25) is 10.0 Å². The van der Waals surface area contributed by atoms with Crippen molar-refractivity contribution < 1.29 is 13.5 Å². The average Bonchev–Trinajstić information content (AvgIpc) is 2.80. The van der Waals surface area contributed by atoms with E-state index >= 15 is 0 Å². The molecule has 0 saturated heterocycles. The van der Waals surface area contributed by atoms with Gasteiger partial charge in [-0.1, -0.05) is 25.1 Å². The molecule has 19 heavy (non-hydrogen) atoms. The maximum absolute atomic E-state index is 11.5. The van der Waals surface area contributed by atoms with Gasteiger partial charge >= 0.3 is 0 Å². The first-order valence-corrected chi connectivity index (χ1v) is 8.68. The van der Waals surface area contributed by atoms with Crippen molar-refractivity contribution in [3.05, 3.63) is 35.2 Å². The van der Waals surface area contributed by atoms with Crippen LogP contribution in [-0.2, 0) is 10.0 Å². The normalized spacial score (nSPS) is 13.8. The van der Waals surface area contributed by atoms with Crippen LogP contribution in [0.4, 0.5) is 0 Å². The molecule has 2 N–H and O–H groups in total. The molecule has 4 nitrogen and oxygen atoms in total. The van der Waals surface area contributed by atoms with Crippen LogP contribution in [0.25, 0.3) is 10.1 Å². The number of nitrogens with one attached hydrogen (secondary N) is 1. The number of hydrogen-bond acceptors (Lipinski definition) is 4. The van der Waals surface area contributed by atoms with E-state index in [-0.39, 0.29) is 12.3 Å². The number of fused-ring (bicyclic) bond motifs is 1. The Kier molecular flexibility index (Phi) is 4.57. The fourth-order valence-electron chi connectivity index (χ4n) is 1.91. The largest absolute Gasteiger partial charge is 0.387 e. The summed E-state index contributed by atoms with van der Waals surface area (Å²) >= 11 is 1.55. The molecule has 0 spiro atoms. The lowest BCUT2D eigenvalue weighted by molar-refractivity contribution is 0.184. The lowest BCUT2D eigenvalue weighted by Gasteiger charge is -2.11. The Balaban J connectivity index is 2.10. The zero-order valence-electron chi connectivity index (χ0n) is 10.7. The van der Waals surface area contributed by atoms with Crippen molar-refractivity contribution >= 4 is 31.4 Å². The smallest absolute Gasteiger partial charge is 0.211 e. The first-order valence-electron chi connectivity index (χ1n) is 6.15. The summed E-state index contributed by atoms with van der Waals surface area (Å²) in [6.45, 7) is 1.82. The van der Waals surface area contributed by atoms with Crippen molar-refractivity contribution in [2.75, 3.05) is 12.3 Å². The van der Waals surface area contributed by atoms with Crippen LogP contribution in [0.1, 0.15) is 25.0 Å². The molecule has 0 saturated carbocycles. The maximum atomic E-state index is 11.5. The van der Waals surface area contributed by atoms with Crippen molar-refractivity contribution in [2.45, 2.75) is 19.4 Å². The van der Waals surface area contributed by atoms with Crippen molar-refractivity contribution in [1.82, 2.24) is 4.72 Å². The molecular formula is C13H17NO3S2. The van der Waals surface area contributed by atoms with Crippen LogP contribution in [0, 0.1) is 0 Å². The second-order valence-corrected chi connectivity index (χ2v) is 7.21. The predicted molar refractivity (Wildman–Crippen MR) is 78.9 cm³/mol. The molecule has 0 bridgehead atoms. The van der Waals surface area contributed by atoms with E-state index in [9.17, 15) is 13.5 Å². The first kappa shape index (κ1) is 14.5. The lowest BCUT2D eigenvalue weighted by Crippen LogP contribution is -2.30. The summed E-state index contributed by atoms with van der Waals surface area (Å²) in [5.41, 5.74) is 0.778. The monoisotopic (exact) mass is 299 g/mol. The van der Waals surface area contributed by atoms with Gasteiger partial charge in [0.25, 0.3) is 0 Å². The third kappa shape index (κ3) is 3.54. The maximum Gasteiger partial charge on any atom is 0.211 e. The van der Waals surface area contributed by atoms with Gasteiger partial charge in [0.1, 0.15) is 0 Å². The fraction of sp³-hybridized carbons (Fsp3) is 0.385. The third-order valence-corrected chi connectivity index (χ3v) is 5.37. The molecule has 0 amide bonds. The molecule has 0 fully saturated rings. The molecule has 104 valence electrons. The highest BCUT2D eigenvalue weighted by Crippen LogP contribution is 2.29. The molecule has 0 unspecified atom stereocenters. The van der Waals surface area contributed by atoms with Gasteiger partial charge in [0.05, 0.1) is 11.9 Å². The molecule has 2 rings (SSSR count). The summed E-state index contributed by atoms with van der Waals surface area (Å²) in [5, 5.41) is 13.0. The number of hydrogen-bond donors (Lipinski definition) is 2. The zero-order valence-corrected chi connectivity index (χ0v) is 12.3. The van der Waals surface area contributed by atoms with Crippen LogP contribution in [-0.4, -0.2) is 25.8 Å². The lowest BCUT2D eigenvalue weighted by atomic mass is 10.1. The second-order valence-electron chi connectivity index (χ2n) is 4.37. The summed E-state index contributed by atoms with van der Waals surface area (Å²) < 4.78 is 26.6. The molecule has 1 heterocycles. The fourth-order valence-corrected chi connectivity index (χ4v) is 4.01. The predicted octanol–water partition coefficient (Wildman–Crippen LogP) is 2.26. The van der Waals surface area contributed by atoms with Crippen molar-refractivity contribution in [3.63, 3.8) is 0 Å². The highest BCUT2D eigenvalue weighted by molar-refractivity contribution is 7.89. The number of thiophene rings is 1. The standard InChI is InChI=1S/C13H17NO3S2/c1-2-7-19(16,17)14-8-12(15)11-9-18-13-6-4-3-5-10(11)13/h3-6,9,12,14-15H,2,7-8H2,1H3/t12-/m1/s1. The van der Waals surface area contributed by atoms with Gasteiger partial charge in [0.15, 0.2) is 0 Å². The van der Waals surface area contributed by atoms with Gasteiger partial charge in [-0.3, -0.25) is 0 Å². The Bertz CT molecular complexity index is 649. The molecule has 0 aliphatic rings. The second kappa shape index (κ2) is 6.00. The summed E-state index contributed by atoms with van der Waals surface area (Å²) in [6.07, 6.45) is -0.255. The molecule has 2 aromatic rings. The van der Waals surface area contributed by atoms with E-state index in [1.807, 2.05) is 36.6 Å². The van der Waals surface area contributed by atoms with Gasteiger partial charge in [-0.2, -0.15) is 0 Å². The number of aliphatic hydroxyl groups is 1. The highest BCUT2D eigenvalue weighted by atomic mass is 32.2. The minimum Gasteiger partial charge on any atom is -0.387 e. The molecule has 1 aromatic carbocycles. The minimum absolute atomic E-state index is 0.0169. The quantitative estimate of drug-likeness (QED) is 0.860. The van der Waals surface area contributed by atoms with Gasteiger partial charge in [0, 0.05) is 16.8 Å². The van der Waals surface area contributed by atoms with Crippen molar-refractivity contribution in [1.29, 1.82) is 0 Å². The molecule has 1 aromatic heterocycles. The Morgan fingerprint density at radius 2 is 2.11 bits per heavy atom. The van der Waals surface area contributed by atoms with Crippen LogP contribution in [0.3, 0.4) is 0 Å². The van der Waals surface area contributed by atoms with Crippen LogP contribution in [0.15, 0.2) is 29.6 Å². The van der Waals surface area contributed by atoms with Gasteiger partial charge in [-0.25, -0.2) is 13.1 Å². The van der Waals surface area contributed by atoms with Crippen molar-refractivity contribution in [2.24, 2.45) is 0 Å². The van der Waals surface area contributed by atoms with Crippen LogP contribution >= 0.6 is 11.3 Å². The Labute approximate surface area is 117 Å². The molecule has 6 heteroatoms. The topological polar surface area (TPSA) is 66.4 Å². The van der Waals surface area contributed by atoms with Crippen molar-refractivity contribution in [3.8, 4) is 0 Å². The minimum atomic E-state index is -3.28. The third-order valence-electron chi connectivity index (χ3n) is 2.84. The number of aliphatic hydroxyl groups excluding tert-OH is 1. The van der Waals surface area contributed by atoms with Gasteiger partial charge < -0.3 is 5.11 Å². The van der Waals surface area contributed by atoms with Gasteiger partial charge in [-0.05, 0) is 23.3 Å². The van der Waals surface area contributed by atoms with Crippen LogP contribution < -0.4 is 4.72 Å². The Morgan fingerprint density at radius 3 is 2.84 bits per heavy atom. The van der Waals surface area contributed by atoms with E-state index in [2.05, 4.69) is 4.72 Å². The van der Waals surface area contributed by atoms with Gasteiger partial charge in [-0.15, -0.1) is 11.3 Å². The SMILES string of the molecule is CCCS(=O)(=O)NC[C@@H](O)c1csc2ccccc12. The number of benzene rings is 1. The molecule has 0 radical (unpaired) electrons. The summed E-state index contributed by atoms with van der Waals surface area (Å²) in [6, 6.07) is 7.77. The zero-order chi connectivity index (χ0) is 13.9. The summed E-state index contributed by atoms with van der Waals surface area (Å²) in [4.78, 5) is 0. The van der Waals surface area contributed by atoms with E-state index < -0.39 is 16.1 Å². The van der Waals surface area contributed by atoms with Crippen LogP contribution in [0.5, 0.6) is 0 Å². The molecule has 0 aliphatic heterocycles. The average molecular weight is 299 g/mol. The van der Waals surface area contributed by atoms with E-state index in [0.29, 0.717) is 6.42 Å². The highest BCUT2D eigenvalue weighted by Gasteiger charge is 2.16. The molecule has 1 atom stereocenters. The van der Waals surface area contributed by atoms with E-state index in [1.165, 1.54) is 0 Å². The van der Waals surface area contributed by atoms with E-state index in [4.69, 9.17) is 0 Å².